The highest BCUT2D eigenvalue weighted by Crippen LogP contribution is 1.89. The van der Waals surface area contributed by atoms with Gasteiger partial charge in [0.05, 0.1) is 12.6 Å². The molecule has 1 aromatic heterocycles. The monoisotopic (exact) mass is 181 g/mol. The lowest BCUT2D eigenvalue weighted by Gasteiger charge is -2.04. The molecule has 0 saturated heterocycles. The van der Waals surface area contributed by atoms with Gasteiger partial charge in [-0.15, -0.1) is 0 Å². The Labute approximate surface area is 78.0 Å². The van der Waals surface area contributed by atoms with E-state index in [0.29, 0.717) is 6.54 Å². The smallest absolute Gasteiger partial charge is 0.141 e. The summed E-state index contributed by atoms with van der Waals surface area (Å²) in [7, 11) is 0. The van der Waals surface area contributed by atoms with Gasteiger partial charge >= 0.3 is 0 Å². The number of nitrogens with zero attached hydrogens (tertiary/aromatic N) is 2. The van der Waals surface area contributed by atoms with Crippen molar-refractivity contribution in [3.05, 3.63) is 24.3 Å². The van der Waals surface area contributed by atoms with E-state index < -0.39 is 0 Å². The quantitative estimate of drug-likeness (QED) is 0.643. The second kappa shape index (κ2) is 5.61. The van der Waals surface area contributed by atoms with Crippen LogP contribution in [0.1, 0.15) is 19.2 Å². The normalized spacial score (nSPS) is 12.8. The Hall–Kier alpha value is -1.00. The molecule has 0 aliphatic rings. The molecule has 1 rings (SSSR count). The van der Waals surface area contributed by atoms with Crippen molar-refractivity contribution >= 4 is 0 Å². The molecule has 1 aromatic rings. The van der Waals surface area contributed by atoms with Crippen LogP contribution in [0, 0.1) is 0 Å². The summed E-state index contributed by atoms with van der Waals surface area (Å²) >= 11 is 0. The van der Waals surface area contributed by atoms with Gasteiger partial charge in [0.1, 0.15) is 5.82 Å². The van der Waals surface area contributed by atoms with E-state index in [0.717, 1.165) is 18.8 Å². The molecule has 0 saturated carbocycles. The molecule has 13 heavy (non-hydrogen) atoms. The number of hydrogen-bond acceptors (Lipinski definition) is 4. The van der Waals surface area contributed by atoms with E-state index >= 15 is 0 Å². The number of hydrogen-bond donors (Lipinski definition) is 2. The van der Waals surface area contributed by atoms with Gasteiger partial charge < -0.3 is 10.4 Å². The van der Waals surface area contributed by atoms with Crippen LogP contribution >= 0.6 is 0 Å². The van der Waals surface area contributed by atoms with Crippen molar-refractivity contribution in [3.63, 3.8) is 0 Å². The fourth-order valence-corrected chi connectivity index (χ4v) is 0.932. The van der Waals surface area contributed by atoms with E-state index in [2.05, 4.69) is 15.3 Å². The third-order valence-electron chi connectivity index (χ3n) is 1.64. The predicted molar refractivity (Wildman–Crippen MR) is 50.0 cm³/mol. The molecule has 72 valence electrons. The van der Waals surface area contributed by atoms with Crippen LogP contribution in [-0.2, 0) is 6.54 Å². The van der Waals surface area contributed by atoms with Crippen molar-refractivity contribution in [1.82, 2.24) is 15.3 Å². The molecule has 0 radical (unpaired) electrons. The van der Waals surface area contributed by atoms with Gasteiger partial charge in [-0.1, -0.05) is 0 Å². The Morgan fingerprint density at radius 1 is 1.46 bits per heavy atom. The largest absolute Gasteiger partial charge is 0.393 e. The number of aliphatic hydroxyl groups excluding tert-OH is 1. The van der Waals surface area contributed by atoms with Crippen molar-refractivity contribution in [3.8, 4) is 0 Å². The van der Waals surface area contributed by atoms with E-state index in [1.165, 1.54) is 0 Å². The first-order valence-electron chi connectivity index (χ1n) is 4.43. The van der Waals surface area contributed by atoms with Crippen LogP contribution in [0.4, 0.5) is 0 Å². The van der Waals surface area contributed by atoms with Gasteiger partial charge in [0.2, 0.25) is 0 Å². The Morgan fingerprint density at radius 3 is 2.77 bits per heavy atom. The molecule has 0 aliphatic heterocycles. The second-order valence-electron chi connectivity index (χ2n) is 2.98. The Morgan fingerprint density at radius 2 is 2.15 bits per heavy atom. The molecule has 0 fully saturated rings. The van der Waals surface area contributed by atoms with E-state index in [9.17, 15) is 0 Å². The van der Waals surface area contributed by atoms with Crippen LogP contribution < -0.4 is 5.32 Å². The van der Waals surface area contributed by atoms with Gasteiger partial charge in [-0.3, -0.25) is 0 Å². The van der Waals surface area contributed by atoms with Crippen molar-refractivity contribution in [2.75, 3.05) is 6.54 Å². The van der Waals surface area contributed by atoms with Crippen LogP contribution in [0.2, 0.25) is 0 Å². The lowest BCUT2D eigenvalue weighted by molar-refractivity contribution is 0.183. The maximum absolute atomic E-state index is 8.98. The van der Waals surface area contributed by atoms with E-state index in [1.54, 1.807) is 25.4 Å². The highest BCUT2D eigenvalue weighted by atomic mass is 16.3. The predicted octanol–water partition coefficient (Wildman–Crippen LogP) is 0.337. The fourth-order valence-electron chi connectivity index (χ4n) is 0.932. The molecular formula is C9H15N3O. The van der Waals surface area contributed by atoms with E-state index in [4.69, 9.17) is 5.11 Å². The Bertz CT molecular complexity index is 226. The van der Waals surface area contributed by atoms with Gasteiger partial charge in [0.15, 0.2) is 0 Å². The number of nitrogens with one attached hydrogen (secondary N) is 1. The molecule has 1 atom stereocenters. The van der Waals surface area contributed by atoms with Crippen molar-refractivity contribution in [1.29, 1.82) is 0 Å². The summed E-state index contributed by atoms with van der Waals surface area (Å²) in [6.45, 7) is 3.23. The summed E-state index contributed by atoms with van der Waals surface area (Å²) in [5.74, 6) is 0.785. The molecule has 2 N–H and O–H groups in total. The van der Waals surface area contributed by atoms with Gasteiger partial charge in [-0.2, -0.15) is 0 Å². The summed E-state index contributed by atoms with van der Waals surface area (Å²) in [5, 5.41) is 12.1. The van der Waals surface area contributed by atoms with Crippen LogP contribution in [-0.4, -0.2) is 27.7 Å². The van der Waals surface area contributed by atoms with Gasteiger partial charge in [-0.05, 0) is 26.0 Å². The molecule has 0 aromatic carbocycles. The van der Waals surface area contributed by atoms with Crippen LogP contribution in [0.5, 0.6) is 0 Å². The Kier molecular flexibility index (Phi) is 4.35. The minimum atomic E-state index is -0.246. The third-order valence-corrected chi connectivity index (χ3v) is 1.64. The molecule has 0 amide bonds. The number of rotatable bonds is 5. The topological polar surface area (TPSA) is 58.0 Å². The van der Waals surface area contributed by atoms with Gasteiger partial charge in [0.25, 0.3) is 0 Å². The summed E-state index contributed by atoms with van der Waals surface area (Å²) < 4.78 is 0. The standard InChI is InChI=1S/C9H15N3O/c1-8(13)3-6-10-7-9-11-4-2-5-12-9/h2,4-5,8,10,13H,3,6-7H2,1H3. The molecule has 4 heteroatoms. The number of aromatic nitrogens is 2. The van der Waals surface area contributed by atoms with Crippen molar-refractivity contribution < 1.29 is 5.11 Å². The van der Waals surface area contributed by atoms with Crippen LogP contribution in [0.3, 0.4) is 0 Å². The third kappa shape index (κ3) is 4.55. The van der Waals surface area contributed by atoms with Crippen LogP contribution in [0.15, 0.2) is 18.5 Å². The number of aliphatic hydroxyl groups is 1. The minimum Gasteiger partial charge on any atom is -0.393 e. The lowest BCUT2D eigenvalue weighted by Crippen LogP contribution is -2.19. The average molecular weight is 181 g/mol. The lowest BCUT2D eigenvalue weighted by atomic mass is 10.3. The molecular weight excluding hydrogens is 166 g/mol. The van der Waals surface area contributed by atoms with Crippen molar-refractivity contribution in [2.24, 2.45) is 0 Å². The molecule has 0 spiro atoms. The first kappa shape index (κ1) is 10.1. The maximum atomic E-state index is 8.98. The van der Waals surface area contributed by atoms with Crippen molar-refractivity contribution in [2.45, 2.75) is 26.0 Å². The molecule has 1 heterocycles. The second-order valence-corrected chi connectivity index (χ2v) is 2.98. The summed E-state index contributed by atoms with van der Waals surface area (Å²) in [4.78, 5) is 8.12. The maximum Gasteiger partial charge on any atom is 0.141 e. The average Bonchev–Trinajstić information content (AvgIpc) is 2.14. The zero-order chi connectivity index (χ0) is 9.52. The summed E-state index contributed by atoms with van der Waals surface area (Å²) in [6, 6.07) is 1.79. The highest BCUT2D eigenvalue weighted by Gasteiger charge is 1.96. The molecule has 4 nitrogen and oxygen atoms in total. The Balaban J connectivity index is 2.13. The summed E-state index contributed by atoms with van der Waals surface area (Å²) in [6.07, 6.45) is 3.95. The minimum absolute atomic E-state index is 0.246. The molecule has 0 bridgehead atoms. The van der Waals surface area contributed by atoms with Gasteiger partial charge in [0, 0.05) is 12.4 Å². The zero-order valence-corrected chi connectivity index (χ0v) is 7.77. The van der Waals surface area contributed by atoms with E-state index in [-0.39, 0.29) is 6.10 Å². The highest BCUT2D eigenvalue weighted by molar-refractivity contribution is 4.87. The SMILES string of the molecule is CC(O)CCNCc1ncccn1. The van der Waals surface area contributed by atoms with Gasteiger partial charge in [-0.25, -0.2) is 9.97 Å². The summed E-state index contributed by atoms with van der Waals surface area (Å²) in [5.41, 5.74) is 0. The zero-order valence-electron chi connectivity index (χ0n) is 7.77. The molecule has 1 unspecified atom stereocenters. The first-order valence-corrected chi connectivity index (χ1v) is 4.43. The fraction of sp³-hybridized carbons (Fsp3) is 0.556. The van der Waals surface area contributed by atoms with E-state index in [1.807, 2.05) is 0 Å². The first-order chi connectivity index (χ1) is 6.29. The van der Waals surface area contributed by atoms with Crippen LogP contribution in [0.25, 0.3) is 0 Å². The molecule has 0 aliphatic carbocycles.